The van der Waals surface area contributed by atoms with Crippen LogP contribution in [0.25, 0.3) is 0 Å². The van der Waals surface area contributed by atoms with Gasteiger partial charge in [0.25, 0.3) is 0 Å². The van der Waals surface area contributed by atoms with E-state index in [-0.39, 0.29) is 12.5 Å². The number of nitrogens with one attached hydrogen (secondary N) is 2. The number of aryl methyl sites for hydroxylation is 2. The van der Waals surface area contributed by atoms with Crippen molar-refractivity contribution in [3.8, 4) is 5.75 Å². The highest BCUT2D eigenvalue weighted by Gasteiger charge is 2.07. The molecule has 0 aliphatic rings. The molecule has 0 aliphatic carbocycles. The minimum absolute atomic E-state index is 0.0548. The van der Waals surface area contributed by atoms with Gasteiger partial charge < -0.3 is 20.5 Å². The van der Waals surface area contributed by atoms with Crippen LogP contribution in [0, 0.1) is 6.92 Å². The molecule has 2 aromatic rings. The predicted octanol–water partition coefficient (Wildman–Crippen LogP) is 4.05. The molecule has 132 valence electrons. The van der Waals surface area contributed by atoms with Crippen molar-refractivity contribution in [2.45, 2.75) is 26.7 Å². The molecular weight excluding hydrogens is 320 g/mol. The third-order valence-corrected chi connectivity index (χ3v) is 3.56. The molecule has 2 aromatic carbocycles. The maximum Gasteiger partial charge on any atom is 0.323 e. The number of carbonyl (C=O) groups excluding carboxylic acids is 1. The Morgan fingerprint density at radius 1 is 1.08 bits per heavy atom. The smallest absolute Gasteiger partial charge is 0.323 e. The second kappa shape index (κ2) is 8.73. The molecule has 0 heterocycles. The molecule has 0 aliphatic heterocycles. The Labute approximate surface area is 146 Å². The summed E-state index contributed by atoms with van der Waals surface area (Å²) in [5.41, 5.74) is 3.10. The second-order valence-electron chi connectivity index (χ2n) is 5.59. The van der Waals surface area contributed by atoms with Gasteiger partial charge in [-0.3, -0.25) is 4.79 Å². The van der Waals surface area contributed by atoms with E-state index in [1.54, 1.807) is 30.3 Å². The number of urea groups is 1. The fraction of sp³-hybridized carbons (Fsp3) is 0.263. The second-order valence-corrected chi connectivity index (χ2v) is 5.59. The Morgan fingerprint density at radius 3 is 2.48 bits per heavy atom. The van der Waals surface area contributed by atoms with Crippen LogP contribution in [0.15, 0.2) is 42.5 Å². The molecule has 25 heavy (non-hydrogen) atoms. The van der Waals surface area contributed by atoms with Crippen LogP contribution in [0.3, 0.4) is 0 Å². The van der Waals surface area contributed by atoms with Crippen LogP contribution in [0.5, 0.6) is 5.75 Å². The lowest BCUT2D eigenvalue weighted by atomic mass is 10.1. The van der Waals surface area contributed by atoms with Crippen molar-refractivity contribution < 1.29 is 19.4 Å². The third-order valence-electron chi connectivity index (χ3n) is 3.56. The van der Waals surface area contributed by atoms with Crippen LogP contribution >= 0.6 is 0 Å². The zero-order valence-corrected chi connectivity index (χ0v) is 14.3. The van der Waals surface area contributed by atoms with Gasteiger partial charge >= 0.3 is 12.0 Å². The summed E-state index contributed by atoms with van der Waals surface area (Å²) < 4.78 is 5.52. The van der Waals surface area contributed by atoms with Crippen LogP contribution in [0.1, 0.15) is 24.5 Å². The van der Waals surface area contributed by atoms with Gasteiger partial charge in [-0.05, 0) is 49.6 Å². The number of carbonyl (C=O) groups is 2. The number of ether oxygens (including phenoxy) is 1. The number of carboxylic acid groups (broad SMARTS) is 1. The minimum atomic E-state index is -0.847. The van der Waals surface area contributed by atoms with Crippen molar-refractivity contribution >= 4 is 23.4 Å². The number of hydrogen-bond donors (Lipinski definition) is 3. The quantitative estimate of drug-likeness (QED) is 0.708. The average molecular weight is 342 g/mol. The van der Waals surface area contributed by atoms with Gasteiger partial charge in [-0.1, -0.05) is 18.2 Å². The van der Waals surface area contributed by atoms with E-state index >= 15 is 0 Å². The fourth-order valence-electron chi connectivity index (χ4n) is 2.34. The molecule has 0 aromatic heterocycles. The Morgan fingerprint density at radius 2 is 1.80 bits per heavy atom. The molecule has 6 heteroatoms. The summed E-state index contributed by atoms with van der Waals surface area (Å²) in [6, 6.07) is 12.2. The molecular formula is C19H22N2O4. The molecule has 0 spiro atoms. The van der Waals surface area contributed by atoms with E-state index in [0.717, 1.165) is 16.9 Å². The summed E-state index contributed by atoms with van der Waals surface area (Å²) in [5.74, 6) is -0.114. The number of amides is 2. The number of aliphatic carboxylic acids is 1. The predicted molar refractivity (Wildman–Crippen MR) is 97.4 cm³/mol. The van der Waals surface area contributed by atoms with Crippen LogP contribution in [-0.2, 0) is 11.2 Å². The SMILES string of the molecule is CCOc1cc(NC(=O)Nc2cccc(CCC(=O)O)c2)ccc1C. The first kappa shape index (κ1) is 18.3. The first-order valence-corrected chi connectivity index (χ1v) is 8.10. The molecule has 0 unspecified atom stereocenters. The largest absolute Gasteiger partial charge is 0.494 e. The monoisotopic (exact) mass is 342 g/mol. The third kappa shape index (κ3) is 5.84. The van der Waals surface area contributed by atoms with E-state index in [4.69, 9.17) is 9.84 Å². The van der Waals surface area contributed by atoms with Gasteiger partial charge in [0.2, 0.25) is 0 Å². The summed E-state index contributed by atoms with van der Waals surface area (Å²) in [5, 5.41) is 14.3. The molecule has 0 saturated heterocycles. The molecule has 0 atom stereocenters. The molecule has 3 N–H and O–H groups in total. The highest BCUT2D eigenvalue weighted by atomic mass is 16.5. The lowest BCUT2D eigenvalue weighted by Crippen LogP contribution is -2.19. The van der Waals surface area contributed by atoms with Gasteiger partial charge in [0.15, 0.2) is 0 Å². The van der Waals surface area contributed by atoms with Gasteiger partial charge in [0.1, 0.15) is 5.75 Å². The first-order valence-electron chi connectivity index (χ1n) is 8.10. The van der Waals surface area contributed by atoms with Crippen LogP contribution < -0.4 is 15.4 Å². The van der Waals surface area contributed by atoms with Crippen molar-refractivity contribution in [3.63, 3.8) is 0 Å². The fourth-order valence-corrected chi connectivity index (χ4v) is 2.34. The van der Waals surface area contributed by atoms with Crippen LogP contribution in [0.2, 0.25) is 0 Å². The molecule has 2 rings (SSSR count). The molecule has 0 radical (unpaired) electrons. The number of rotatable bonds is 7. The Hall–Kier alpha value is -3.02. The average Bonchev–Trinajstić information content (AvgIpc) is 2.56. The number of anilines is 2. The summed E-state index contributed by atoms with van der Waals surface area (Å²) >= 11 is 0. The van der Waals surface area contributed by atoms with Crippen molar-refractivity contribution in [1.29, 1.82) is 0 Å². The van der Waals surface area contributed by atoms with E-state index in [1.165, 1.54) is 0 Å². The van der Waals surface area contributed by atoms with Crippen LogP contribution in [-0.4, -0.2) is 23.7 Å². The first-order chi connectivity index (χ1) is 12.0. The summed E-state index contributed by atoms with van der Waals surface area (Å²) in [6.07, 6.45) is 0.474. The maximum absolute atomic E-state index is 12.2. The van der Waals surface area contributed by atoms with E-state index in [2.05, 4.69) is 10.6 Å². The highest BCUT2D eigenvalue weighted by Crippen LogP contribution is 2.23. The molecule has 0 fully saturated rings. The van der Waals surface area contributed by atoms with E-state index in [1.807, 2.05) is 26.0 Å². The van der Waals surface area contributed by atoms with Gasteiger partial charge in [-0.25, -0.2) is 4.79 Å². The van der Waals surface area contributed by atoms with Crippen molar-refractivity contribution in [3.05, 3.63) is 53.6 Å². The van der Waals surface area contributed by atoms with Crippen molar-refractivity contribution in [1.82, 2.24) is 0 Å². The van der Waals surface area contributed by atoms with Gasteiger partial charge in [0, 0.05) is 23.9 Å². The highest BCUT2D eigenvalue weighted by molar-refractivity contribution is 5.99. The van der Waals surface area contributed by atoms with Gasteiger partial charge in [-0.2, -0.15) is 0 Å². The Balaban J connectivity index is 1.99. The maximum atomic E-state index is 12.2. The van der Waals surface area contributed by atoms with E-state index < -0.39 is 5.97 Å². The number of hydrogen-bond acceptors (Lipinski definition) is 3. The lowest BCUT2D eigenvalue weighted by molar-refractivity contribution is -0.136. The summed E-state index contributed by atoms with van der Waals surface area (Å²) in [6.45, 7) is 4.40. The van der Waals surface area contributed by atoms with E-state index in [0.29, 0.717) is 24.4 Å². The zero-order valence-electron chi connectivity index (χ0n) is 14.3. The normalized spacial score (nSPS) is 10.2. The van der Waals surface area contributed by atoms with Crippen molar-refractivity contribution in [2.75, 3.05) is 17.2 Å². The lowest BCUT2D eigenvalue weighted by Gasteiger charge is -2.12. The molecule has 6 nitrogen and oxygen atoms in total. The topological polar surface area (TPSA) is 87.7 Å². The Kier molecular flexibility index (Phi) is 6.39. The summed E-state index contributed by atoms with van der Waals surface area (Å²) in [7, 11) is 0. The standard InChI is InChI=1S/C19H22N2O4/c1-3-25-17-12-16(9-7-13(17)2)21-19(24)20-15-6-4-5-14(11-15)8-10-18(22)23/h4-7,9,11-12H,3,8,10H2,1-2H3,(H,22,23)(H2,20,21,24). The van der Waals surface area contributed by atoms with Gasteiger partial charge in [-0.15, -0.1) is 0 Å². The number of benzene rings is 2. The van der Waals surface area contributed by atoms with E-state index in [9.17, 15) is 9.59 Å². The molecule has 0 saturated carbocycles. The van der Waals surface area contributed by atoms with Gasteiger partial charge in [0.05, 0.1) is 6.61 Å². The zero-order chi connectivity index (χ0) is 18.2. The Bertz CT molecular complexity index is 759. The molecule has 2 amide bonds. The van der Waals surface area contributed by atoms with Crippen molar-refractivity contribution in [2.24, 2.45) is 0 Å². The summed E-state index contributed by atoms with van der Waals surface area (Å²) in [4.78, 5) is 22.8. The minimum Gasteiger partial charge on any atom is -0.494 e. The number of carboxylic acids is 1. The molecule has 0 bridgehead atoms. The van der Waals surface area contributed by atoms with Crippen LogP contribution in [0.4, 0.5) is 16.2 Å².